The van der Waals surface area contributed by atoms with Gasteiger partial charge in [0.15, 0.2) is 0 Å². The average Bonchev–Trinajstić information content (AvgIpc) is 2.46. The van der Waals surface area contributed by atoms with Gasteiger partial charge in [0, 0.05) is 24.2 Å². The summed E-state index contributed by atoms with van der Waals surface area (Å²) >= 11 is 0. The van der Waals surface area contributed by atoms with E-state index in [9.17, 15) is 4.39 Å². The molecule has 0 aliphatic carbocycles. The Morgan fingerprint density at radius 3 is 2.79 bits per heavy atom. The zero-order valence-corrected chi connectivity index (χ0v) is 12.0. The van der Waals surface area contributed by atoms with Crippen molar-refractivity contribution >= 4 is 0 Å². The van der Waals surface area contributed by atoms with Crippen molar-refractivity contribution in [3.8, 4) is 0 Å². The van der Waals surface area contributed by atoms with Crippen LogP contribution in [0.5, 0.6) is 0 Å². The minimum atomic E-state index is -0.0925. The van der Waals surface area contributed by atoms with E-state index in [-0.39, 0.29) is 11.9 Å². The number of halogens is 1. The van der Waals surface area contributed by atoms with Crippen LogP contribution in [0.3, 0.4) is 0 Å². The first-order valence-corrected chi connectivity index (χ1v) is 7.44. The van der Waals surface area contributed by atoms with E-state index in [1.165, 1.54) is 19.3 Å². The van der Waals surface area contributed by atoms with E-state index < -0.39 is 0 Å². The minimum absolute atomic E-state index is 0.0925. The molecule has 0 saturated carbocycles. The molecule has 1 N–H and O–H groups in total. The van der Waals surface area contributed by atoms with Crippen LogP contribution in [0.2, 0.25) is 0 Å². The molecule has 2 unspecified atom stereocenters. The van der Waals surface area contributed by atoms with E-state index in [2.05, 4.69) is 24.1 Å². The van der Waals surface area contributed by atoms with Crippen LogP contribution in [0.1, 0.15) is 44.7 Å². The Morgan fingerprint density at radius 1 is 1.37 bits per heavy atom. The second kappa shape index (κ2) is 7.01. The highest BCUT2D eigenvalue weighted by atomic mass is 19.1. The molecule has 1 heterocycles. The Labute approximate surface area is 116 Å². The normalized spacial score (nSPS) is 21.6. The first-order chi connectivity index (χ1) is 9.22. The van der Waals surface area contributed by atoms with Crippen LogP contribution in [-0.4, -0.2) is 30.6 Å². The Balaban J connectivity index is 2.02. The Morgan fingerprint density at radius 2 is 2.16 bits per heavy atom. The first-order valence-electron chi connectivity index (χ1n) is 7.44. The Hall–Kier alpha value is -0.930. The van der Waals surface area contributed by atoms with Gasteiger partial charge in [0.2, 0.25) is 0 Å². The van der Waals surface area contributed by atoms with Gasteiger partial charge in [-0.2, -0.15) is 0 Å². The first kappa shape index (κ1) is 14.5. The van der Waals surface area contributed by atoms with Crippen molar-refractivity contribution in [2.45, 2.75) is 45.2 Å². The van der Waals surface area contributed by atoms with Crippen molar-refractivity contribution in [1.82, 2.24) is 10.2 Å². The lowest BCUT2D eigenvalue weighted by Gasteiger charge is -2.34. The second-order valence-electron chi connectivity index (χ2n) is 5.43. The maximum Gasteiger partial charge on any atom is 0.127 e. The molecule has 2 rings (SSSR count). The molecule has 106 valence electrons. The number of nitrogens with zero attached hydrogens (tertiary/aromatic N) is 1. The molecule has 2 atom stereocenters. The van der Waals surface area contributed by atoms with E-state index in [0.29, 0.717) is 6.04 Å². The van der Waals surface area contributed by atoms with E-state index in [1.807, 2.05) is 12.1 Å². The monoisotopic (exact) mass is 264 g/mol. The van der Waals surface area contributed by atoms with Gasteiger partial charge in [-0.05, 0) is 38.9 Å². The van der Waals surface area contributed by atoms with Gasteiger partial charge in [-0.1, -0.05) is 31.5 Å². The fourth-order valence-corrected chi connectivity index (χ4v) is 2.93. The third kappa shape index (κ3) is 3.77. The van der Waals surface area contributed by atoms with Crippen LogP contribution in [0, 0.1) is 5.82 Å². The molecule has 0 aromatic heterocycles. The maximum absolute atomic E-state index is 13.9. The van der Waals surface area contributed by atoms with Crippen LogP contribution < -0.4 is 5.32 Å². The van der Waals surface area contributed by atoms with Crippen molar-refractivity contribution < 1.29 is 4.39 Å². The van der Waals surface area contributed by atoms with Gasteiger partial charge in [-0.15, -0.1) is 0 Å². The third-order valence-electron chi connectivity index (χ3n) is 4.18. The van der Waals surface area contributed by atoms with Crippen molar-refractivity contribution in [2.24, 2.45) is 0 Å². The van der Waals surface area contributed by atoms with Gasteiger partial charge in [-0.25, -0.2) is 4.39 Å². The summed E-state index contributed by atoms with van der Waals surface area (Å²) in [5, 5.41) is 3.57. The summed E-state index contributed by atoms with van der Waals surface area (Å²) in [5.41, 5.74) is 0.806. The maximum atomic E-state index is 13.9. The number of hydrogen-bond acceptors (Lipinski definition) is 2. The lowest BCUT2D eigenvalue weighted by atomic mass is 10.0. The quantitative estimate of drug-likeness (QED) is 0.877. The molecule has 1 saturated heterocycles. The topological polar surface area (TPSA) is 15.3 Å². The van der Waals surface area contributed by atoms with Crippen molar-refractivity contribution in [3.63, 3.8) is 0 Å². The summed E-state index contributed by atoms with van der Waals surface area (Å²) < 4.78 is 13.9. The van der Waals surface area contributed by atoms with Crippen molar-refractivity contribution in [1.29, 1.82) is 0 Å². The smallest absolute Gasteiger partial charge is 0.127 e. The highest BCUT2D eigenvalue weighted by molar-refractivity contribution is 5.20. The molecule has 0 radical (unpaired) electrons. The molecular weight excluding hydrogens is 239 g/mol. The number of hydrogen-bond donors (Lipinski definition) is 1. The highest BCUT2D eigenvalue weighted by Crippen LogP contribution is 2.23. The molecule has 3 heteroatoms. The van der Waals surface area contributed by atoms with E-state index >= 15 is 0 Å². The summed E-state index contributed by atoms with van der Waals surface area (Å²) in [5.74, 6) is -0.0925. The molecule has 0 amide bonds. The molecule has 19 heavy (non-hydrogen) atoms. The highest BCUT2D eigenvalue weighted by Gasteiger charge is 2.21. The average molecular weight is 264 g/mol. The number of likely N-dealkylation sites (N-methyl/N-ethyl adjacent to an activating group) is 1. The molecule has 1 aliphatic rings. The van der Waals surface area contributed by atoms with Crippen LogP contribution in [0.4, 0.5) is 4.39 Å². The number of benzene rings is 1. The largest absolute Gasteiger partial charge is 0.313 e. The second-order valence-corrected chi connectivity index (χ2v) is 5.43. The summed E-state index contributed by atoms with van der Waals surface area (Å²) in [6, 6.07) is 7.82. The number of rotatable bonds is 5. The minimum Gasteiger partial charge on any atom is -0.313 e. The molecule has 1 fully saturated rings. The lowest BCUT2D eigenvalue weighted by molar-refractivity contribution is 0.182. The van der Waals surface area contributed by atoms with Crippen LogP contribution in [0.15, 0.2) is 24.3 Å². The van der Waals surface area contributed by atoms with E-state index in [1.54, 1.807) is 12.1 Å². The molecular formula is C16H25FN2. The summed E-state index contributed by atoms with van der Waals surface area (Å²) in [6.07, 6.45) is 3.83. The molecule has 1 aromatic carbocycles. The Bertz CT molecular complexity index is 388. The Kier molecular flexibility index (Phi) is 5.34. The van der Waals surface area contributed by atoms with Gasteiger partial charge in [0.25, 0.3) is 0 Å². The lowest BCUT2D eigenvalue weighted by Crippen LogP contribution is -2.44. The summed E-state index contributed by atoms with van der Waals surface area (Å²) in [6.45, 7) is 7.33. The van der Waals surface area contributed by atoms with E-state index in [0.717, 1.165) is 25.2 Å². The fourth-order valence-electron chi connectivity index (χ4n) is 2.93. The third-order valence-corrected chi connectivity index (χ3v) is 4.18. The van der Waals surface area contributed by atoms with Crippen LogP contribution in [0.25, 0.3) is 0 Å². The predicted molar refractivity (Wildman–Crippen MR) is 77.7 cm³/mol. The zero-order valence-electron chi connectivity index (χ0n) is 12.0. The van der Waals surface area contributed by atoms with E-state index in [4.69, 9.17) is 0 Å². The molecule has 2 nitrogen and oxygen atoms in total. The van der Waals surface area contributed by atoms with Gasteiger partial charge in [0.05, 0.1) is 0 Å². The van der Waals surface area contributed by atoms with Gasteiger partial charge in [-0.3, -0.25) is 4.90 Å². The standard InChI is InChI=1S/C16H25FN2/c1-3-19(12-14-8-6-7-11-18-14)13(2)15-9-4-5-10-16(15)17/h4-5,9-10,13-14,18H,3,6-8,11-12H2,1-2H3. The molecule has 1 aliphatic heterocycles. The van der Waals surface area contributed by atoms with Gasteiger partial charge in [0.1, 0.15) is 5.82 Å². The summed E-state index contributed by atoms with van der Waals surface area (Å²) in [7, 11) is 0. The SMILES string of the molecule is CCN(CC1CCCCN1)C(C)c1ccccc1F. The van der Waals surface area contributed by atoms with Crippen molar-refractivity contribution in [2.75, 3.05) is 19.6 Å². The van der Waals surface area contributed by atoms with Gasteiger partial charge >= 0.3 is 0 Å². The van der Waals surface area contributed by atoms with Gasteiger partial charge < -0.3 is 5.32 Å². The number of nitrogens with one attached hydrogen (secondary N) is 1. The van der Waals surface area contributed by atoms with Crippen LogP contribution >= 0.6 is 0 Å². The predicted octanol–water partition coefficient (Wildman–Crippen LogP) is 3.35. The van der Waals surface area contributed by atoms with Crippen molar-refractivity contribution in [3.05, 3.63) is 35.6 Å². The molecule has 0 spiro atoms. The molecule has 0 bridgehead atoms. The molecule has 1 aromatic rings. The van der Waals surface area contributed by atoms with Crippen LogP contribution in [-0.2, 0) is 0 Å². The summed E-state index contributed by atoms with van der Waals surface area (Å²) in [4.78, 5) is 2.36. The fraction of sp³-hybridized carbons (Fsp3) is 0.625. The number of piperidine rings is 1. The zero-order chi connectivity index (χ0) is 13.7.